The van der Waals surface area contributed by atoms with Crippen molar-refractivity contribution in [1.29, 1.82) is 0 Å². The molecule has 0 spiro atoms. The smallest absolute Gasteiger partial charge is 0.328 e. The van der Waals surface area contributed by atoms with Crippen LogP contribution in [0.4, 0.5) is 11.5 Å². The number of nitrogens with one attached hydrogen (secondary N) is 1. The van der Waals surface area contributed by atoms with Crippen LogP contribution >= 0.6 is 0 Å². The summed E-state index contributed by atoms with van der Waals surface area (Å²) in [6, 6.07) is 10.00. The highest BCUT2D eigenvalue weighted by atomic mass is 16.4. The van der Waals surface area contributed by atoms with E-state index in [0.29, 0.717) is 0 Å². The first-order valence-corrected chi connectivity index (χ1v) is 8.36. The molecule has 1 saturated heterocycles. The number of aromatic nitrogens is 1. The number of aryl methyl sites for hydroxylation is 1. The van der Waals surface area contributed by atoms with Crippen LogP contribution in [-0.2, 0) is 4.79 Å². The summed E-state index contributed by atoms with van der Waals surface area (Å²) in [5, 5.41) is 12.2. The Morgan fingerprint density at radius 2 is 2.24 bits per heavy atom. The second-order valence-electron chi connectivity index (χ2n) is 6.26. The number of carboxylic acids is 1. The lowest BCUT2D eigenvalue weighted by Crippen LogP contribution is -2.36. The largest absolute Gasteiger partial charge is 0.478 e. The van der Waals surface area contributed by atoms with Crippen molar-refractivity contribution in [3.63, 3.8) is 0 Å². The van der Waals surface area contributed by atoms with E-state index in [0.717, 1.165) is 42.4 Å². The molecule has 1 atom stereocenters. The maximum atomic E-state index is 10.6. The van der Waals surface area contributed by atoms with Crippen LogP contribution in [0.15, 0.2) is 42.6 Å². The predicted molar refractivity (Wildman–Crippen MR) is 101 cm³/mol. The normalized spacial score (nSPS) is 17.2. The van der Waals surface area contributed by atoms with Gasteiger partial charge in [-0.05, 0) is 67.7 Å². The van der Waals surface area contributed by atoms with Crippen LogP contribution in [0.5, 0.6) is 0 Å². The van der Waals surface area contributed by atoms with Gasteiger partial charge in [-0.25, -0.2) is 9.78 Å². The Kier molecular flexibility index (Phi) is 5.03. The molecule has 1 radical (unpaired) electrons. The fourth-order valence-electron chi connectivity index (χ4n) is 3.10. The lowest BCUT2D eigenvalue weighted by atomic mass is 10.1. The third kappa shape index (κ3) is 4.18. The molecule has 0 bridgehead atoms. The van der Waals surface area contributed by atoms with E-state index in [1.165, 1.54) is 17.3 Å². The topological polar surface area (TPSA) is 65.5 Å². The molecule has 1 aromatic heterocycles. The molecular formula is C20H22N3O2. The molecule has 1 aliphatic heterocycles. The van der Waals surface area contributed by atoms with Gasteiger partial charge in [0.25, 0.3) is 0 Å². The predicted octanol–water partition coefficient (Wildman–Crippen LogP) is 3.71. The minimum absolute atomic E-state index is 0.188. The Hall–Kier alpha value is -2.82. The van der Waals surface area contributed by atoms with E-state index in [2.05, 4.69) is 41.2 Å². The Bertz CT molecular complexity index is 784. The SMILES string of the molecule is [CH2]c1ccc(C)c(N2CCCC2Nc2ccc(/C=C\C(=O)O)cn2)c1. The Labute approximate surface area is 148 Å². The van der Waals surface area contributed by atoms with Crippen LogP contribution in [0.3, 0.4) is 0 Å². The zero-order valence-corrected chi connectivity index (χ0v) is 14.3. The van der Waals surface area contributed by atoms with E-state index in [1.54, 1.807) is 6.20 Å². The zero-order valence-electron chi connectivity index (χ0n) is 14.3. The summed E-state index contributed by atoms with van der Waals surface area (Å²) >= 11 is 0. The summed E-state index contributed by atoms with van der Waals surface area (Å²) in [6.45, 7) is 7.15. The number of nitrogens with zero attached hydrogens (tertiary/aromatic N) is 2. The highest BCUT2D eigenvalue weighted by molar-refractivity contribution is 5.85. The van der Waals surface area contributed by atoms with Crippen molar-refractivity contribution in [2.24, 2.45) is 0 Å². The average molecular weight is 336 g/mol. The number of anilines is 2. The fraction of sp³-hybridized carbons (Fsp3) is 0.250. The summed E-state index contributed by atoms with van der Waals surface area (Å²) < 4.78 is 0. The third-order valence-electron chi connectivity index (χ3n) is 4.35. The molecule has 1 unspecified atom stereocenters. The molecule has 1 aromatic carbocycles. The minimum Gasteiger partial charge on any atom is -0.478 e. The number of carboxylic acid groups (broad SMARTS) is 1. The number of rotatable bonds is 5. The van der Waals surface area contributed by atoms with E-state index >= 15 is 0 Å². The first-order chi connectivity index (χ1) is 12.0. The molecule has 5 nitrogen and oxygen atoms in total. The summed E-state index contributed by atoms with van der Waals surface area (Å²) in [5.41, 5.74) is 4.22. The number of hydrogen-bond donors (Lipinski definition) is 2. The van der Waals surface area contributed by atoms with Gasteiger partial charge < -0.3 is 15.3 Å². The standard InChI is InChI=1S/C20H22N3O2/c1-14-5-6-15(2)17(12-14)23-11-3-4-19(23)22-18-9-7-16(13-21-18)8-10-20(24)25/h5-10,12-13,19H,1,3-4,11H2,2H3,(H,21,22)(H,24,25)/b10-8-. The van der Waals surface area contributed by atoms with Gasteiger partial charge in [0, 0.05) is 24.5 Å². The molecule has 1 aliphatic rings. The van der Waals surface area contributed by atoms with Gasteiger partial charge in [-0.2, -0.15) is 0 Å². The van der Waals surface area contributed by atoms with Gasteiger partial charge >= 0.3 is 5.97 Å². The molecule has 25 heavy (non-hydrogen) atoms. The summed E-state index contributed by atoms with van der Waals surface area (Å²) in [7, 11) is 0. The van der Waals surface area contributed by atoms with Gasteiger partial charge in [-0.15, -0.1) is 0 Å². The first kappa shape index (κ1) is 17.0. The average Bonchev–Trinajstić information content (AvgIpc) is 3.04. The molecule has 0 amide bonds. The van der Waals surface area contributed by atoms with E-state index < -0.39 is 5.97 Å². The van der Waals surface area contributed by atoms with Crippen molar-refractivity contribution < 1.29 is 9.90 Å². The summed E-state index contributed by atoms with van der Waals surface area (Å²) in [5.74, 6) is -0.181. The Balaban J connectivity index is 1.73. The van der Waals surface area contributed by atoms with Gasteiger partial charge in [-0.3, -0.25) is 0 Å². The van der Waals surface area contributed by atoms with Crippen LogP contribution in [0.25, 0.3) is 6.08 Å². The van der Waals surface area contributed by atoms with E-state index in [-0.39, 0.29) is 6.17 Å². The molecule has 5 heteroatoms. The van der Waals surface area contributed by atoms with Crippen molar-refractivity contribution in [3.05, 3.63) is 66.2 Å². The minimum atomic E-state index is -0.966. The van der Waals surface area contributed by atoms with Crippen molar-refractivity contribution in [2.75, 3.05) is 16.8 Å². The lowest BCUT2D eigenvalue weighted by Gasteiger charge is -2.29. The molecule has 0 aliphatic carbocycles. The van der Waals surface area contributed by atoms with Gasteiger partial charge in [-0.1, -0.05) is 12.1 Å². The van der Waals surface area contributed by atoms with Crippen LogP contribution in [0.2, 0.25) is 0 Å². The fourth-order valence-corrected chi connectivity index (χ4v) is 3.10. The summed E-state index contributed by atoms with van der Waals surface area (Å²) in [4.78, 5) is 17.3. The number of pyridine rings is 1. The Morgan fingerprint density at radius 1 is 1.40 bits per heavy atom. The molecule has 129 valence electrons. The second kappa shape index (κ2) is 7.38. The molecule has 2 aromatic rings. The van der Waals surface area contributed by atoms with Gasteiger partial charge in [0.05, 0.1) is 0 Å². The van der Waals surface area contributed by atoms with Crippen LogP contribution in [-0.4, -0.2) is 28.8 Å². The summed E-state index contributed by atoms with van der Waals surface area (Å²) in [6.07, 6.45) is 6.67. The van der Waals surface area contributed by atoms with Gasteiger partial charge in [0.2, 0.25) is 0 Å². The zero-order chi connectivity index (χ0) is 17.8. The van der Waals surface area contributed by atoms with Crippen molar-refractivity contribution in [2.45, 2.75) is 25.9 Å². The van der Waals surface area contributed by atoms with Gasteiger partial charge in [0.1, 0.15) is 12.0 Å². The second-order valence-corrected chi connectivity index (χ2v) is 6.26. The third-order valence-corrected chi connectivity index (χ3v) is 4.35. The molecule has 2 N–H and O–H groups in total. The van der Waals surface area contributed by atoms with E-state index in [1.807, 2.05) is 18.2 Å². The van der Waals surface area contributed by atoms with Crippen molar-refractivity contribution in [1.82, 2.24) is 4.98 Å². The molecule has 0 saturated carbocycles. The molecule has 3 rings (SSSR count). The van der Waals surface area contributed by atoms with E-state index in [9.17, 15) is 4.79 Å². The maximum Gasteiger partial charge on any atom is 0.328 e. The number of benzene rings is 1. The highest BCUT2D eigenvalue weighted by Crippen LogP contribution is 2.29. The van der Waals surface area contributed by atoms with Crippen LogP contribution in [0, 0.1) is 13.8 Å². The quantitative estimate of drug-likeness (QED) is 0.815. The lowest BCUT2D eigenvalue weighted by molar-refractivity contribution is -0.131. The number of hydrogen-bond acceptors (Lipinski definition) is 4. The highest BCUT2D eigenvalue weighted by Gasteiger charge is 2.25. The molecule has 2 heterocycles. The van der Waals surface area contributed by atoms with Crippen LogP contribution < -0.4 is 10.2 Å². The monoisotopic (exact) mass is 336 g/mol. The van der Waals surface area contributed by atoms with Crippen molar-refractivity contribution in [3.8, 4) is 0 Å². The van der Waals surface area contributed by atoms with Gasteiger partial charge in [0.15, 0.2) is 0 Å². The molecule has 1 fully saturated rings. The number of aliphatic carboxylic acids is 1. The Morgan fingerprint density at radius 3 is 2.96 bits per heavy atom. The van der Waals surface area contributed by atoms with Crippen LogP contribution in [0.1, 0.15) is 29.5 Å². The van der Waals surface area contributed by atoms with E-state index in [4.69, 9.17) is 5.11 Å². The van der Waals surface area contributed by atoms with Crippen molar-refractivity contribution >= 4 is 23.6 Å². The maximum absolute atomic E-state index is 10.6. The molecular weight excluding hydrogens is 314 g/mol. The first-order valence-electron chi connectivity index (χ1n) is 8.36. The number of carbonyl (C=O) groups is 1.